The minimum absolute atomic E-state index is 0.0129. The molecule has 0 saturated heterocycles. The first-order valence-electron chi connectivity index (χ1n) is 4.75. The molecule has 1 N–H and O–H groups in total. The molecule has 1 aromatic rings. The number of aromatic nitrogens is 1. The summed E-state index contributed by atoms with van der Waals surface area (Å²) in [6.45, 7) is 5.68. The van der Waals surface area contributed by atoms with Gasteiger partial charge in [0.2, 0.25) is 0 Å². The highest BCUT2D eigenvalue weighted by atomic mass is 15.0. The van der Waals surface area contributed by atoms with Crippen molar-refractivity contribution in [2.24, 2.45) is 4.99 Å². The first-order valence-corrected chi connectivity index (χ1v) is 4.75. The smallest absolute Gasteiger partial charge is 0.182 e. The van der Waals surface area contributed by atoms with E-state index >= 15 is 0 Å². The molecule has 0 aliphatic heterocycles. The maximum Gasteiger partial charge on any atom is 0.182 e. The average molecular weight is 202 g/mol. The average Bonchev–Trinajstić information content (AvgIpc) is 2.18. The lowest BCUT2D eigenvalue weighted by Crippen LogP contribution is -2.14. The summed E-state index contributed by atoms with van der Waals surface area (Å²) in [5.74, 6) is 0.616. The molecule has 4 nitrogen and oxygen atoms in total. The normalized spacial score (nSPS) is 13.1. The topological polar surface area (TPSA) is 61.1 Å². The Balaban J connectivity index is 2.77. The van der Waals surface area contributed by atoms with Gasteiger partial charge in [0.25, 0.3) is 0 Å². The van der Waals surface area contributed by atoms with E-state index in [4.69, 9.17) is 5.26 Å². The van der Waals surface area contributed by atoms with Crippen LogP contribution in [0.15, 0.2) is 23.3 Å². The fraction of sp³-hybridized carbons (Fsp3) is 0.364. The van der Waals surface area contributed by atoms with Gasteiger partial charge in [-0.05, 0) is 32.4 Å². The number of hydrogen-bond donors (Lipinski definition) is 1. The predicted octanol–water partition coefficient (Wildman–Crippen LogP) is 1.94. The van der Waals surface area contributed by atoms with Gasteiger partial charge >= 0.3 is 0 Å². The van der Waals surface area contributed by atoms with E-state index in [1.165, 1.54) is 0 Å². The molecule has 1 aromatic heterocycles. The first kappa shape index (κ1) is 11.2. The van der Waals surface area contributed by atoms with E-state index in [9.17, 15) is 0 Å². The molecule has 1 unspecified atom stereocenters. The summed E-state index contributed by atoms with van der Waals surface area (Å²) < 4.78 is 0. The second-order valence-corrected chi connectivity index (χ2v) is 3.36. The van der Waals surface area contributed by atoms with Crippen molar-refractivity contribution in [2.75, 3.05) is 0 Å². The summed E-state index contributed by atoms with van der Waals surface area (Å²) in [7, 11) is 0. The van der Waals surface area contributed by atoms with Gasteiger partial charge in [0, 0.05) is 11.9 Å². The standard InChI is InChI=1S/C11H14N4/c1-8-4-5-11(6-13-8)9(2)15-10(3)14-7-12/h4-6,9H,1-3H3,(H,14,15). The largest absolute Gasteiger partial charge is 0.281 e. The molecule has 0 spiro atoms. The number of nitrogens with one attached hydrogen (secondary N) is 1. The molecule has 78 valence electrons. The number of hydrogen-bond acceptors (Lipinski definition) is 3. The second-order valence-electron chi connectivity index (χ2n) is 3.36. The Morgan fingerprint density at radius 3 is 2.87 bits per heavy atom. The van der Waals surface area contributed by atoms with Crippen LogP contribution in [0.4, 0.5) is 0 Å². The van der Waals surface area contributed by atoms with Crippen LogP contribution in [-0.4, -0.2) is 10.8 Å². The molecule has 1 rings (SSSR count). The van der Waals surface area contributed by atoms with Crippen molar-refractivity contribution >= 4 is 5.84 Å². The number of rotatable bonds is 2. The van der Waals surface area contributed by atoms with Crippen molar-refractivity contribution in [3.63, 3.8) is 0 Å². The van der Waals surface area contributed by atoms with Gasteiger partial charge in [-0.25, -0.2) is 0 Å². The van der Waals surface area contributed by atoms with Crippen LogP contribution in [0.1, 0.15) is 31.1 Å². The monoisotopic (exact) mass is 202 g/mol. The summed E-state index contributed by atoms with van der Waals surface area (Å²) in [5, 5.41) is 10.9. The molecule has 0 amide bonds. The SMILES string of the molecule is CC(=NC(C)c1ccc(C)nc1)NC#N. The molecular weight excluding hydrogens is 188 g/mol. The van der Waals surface area contributed by atoms with Crippen LogP contribution >= 0.6 is 0 Å². The summed E-state index contributed by atoms with van der Waals surface area (Å²) >= 11 is 0. The third kappa shape index (κ3) is 3.39. The van der Waals surface area contributed by atoms with E-state index in [0.29, 0.717) is 5.84 Å². The van der Waals surface area contributed by atoms with Crippen LogP contribution < -0.4 is 5.32 Å². The van der Waals surface area contributed by atoms with Gasteiger partial charge in [0.05, 0.1) is 6.04 Å². The molecule has 4 heteroatoms. The molecule has 1 heterocycles. The van der Waals surface area contributed by atoms with Crippen molar-refractivity contribution in [2.45, 2.75) is 26.8 Å². The number of amidine groups is 1. The van der Waals surface area contributed by atoms with Crippen molar-refractivity contribution < 1.29 is 0 Å². The van der Waals surface area contributed by atoms with Crippen LogP contribution in [0.3, 0.4) is 0 Å². The van der Waals surface area contributed by atoms with Crippen LogP contribution in [0.25, 0.3) is 0 Å². The summed E-state index contributed by atoms with van der Waals surface area (Å²) in [6.07, 6.45) is 3.65. The van der Waals surface area contributed by atoms with Crippen LogP contribution in [0.5, 0.6) is 0 Å². The highest BCUT2D eigenvalue weighted by Gasteiger charge is 2.03. The summed E-state index contributed by atoms with van der Waals surface area (Å²) in [6, 6.07) is 3.96. The number of pyridine rings is 1. The molecule has 0 aromatic carbocycles. The van der Waals surface area contributed by atoms with Crippen LogP contribution in [-0.2, 0) is 0 Å². The van der Waals surface area contributed by atoms with Crippen LogP contribution in [0.2, 0.25) is 0 Å². The third-order valence-electron chi connectivity index (χ3n) is 2.04. The van der Waals surface area contributed by atoms with Gasteiger partial charge in [-0.2, -0.15) is 5.26 Å². The number of nitriles is 1. The molecule has 0 fully saturated rings. The maximum atomic E-state index is 8.40. The molecular formula is C11H14N4. The van der Waals surface area contributed by atoms with E-state index in [1.54, 1.807) is 6.92 Å². The molecule has 1 atom stereocenters. The Bertz CT molecular complexity index is 386. The van der Waals surface area contributed by atoms with E-state index in [2.05, 4.69) is 15.3 Å². The number of aliphatic imine (C=N–C) groups is 1. The van der Waals surface area contributed by atoms with E-state index in [0.717, 1.165) is 11.3 Å². The Labute approximate surface area is 89.7 Å². The minimum atomic E-state index is 0.0129. The van der Waals surface area contributed by atoms with Crippen molar-refractivity contribution in [3.05, 3.63) is 29.6 Å². The zero-order valence-electron chi connectivity index (χ0n) is 9.15. The van der Waals surface area contributed by atoms with Gasteiger partial charge in [-0.15, -0.1) is 0 Å². The molecule has 0 aliphatic rings. The Kier molecular flexibility index (Phi) is 3.81. The molecule has 15 heavy (non-hydrogen) atoms. The zero-order chi connectivity index (χ0) is 11.3. The number of nitrogens with zero attached hydrogens (tertiary/aromatic N) is 3. The van der Waals surface area contributed by atoms with Crippen molar-refractivity contribution in [1.82, 2.24) is 10.3 Å². The zero-order valence-corrected chi connectivity index (χ0v) is 9.15. The fourth-order valence-corrected chi connectivity index (χ4v) is 1.20. The third-order valence-corrected chi connectivity index (χ3v) is 2.04. The molecule has 0 bridgehead atoms. The Morgan fingerprint density at radius 2 is 2.33 bits per heavy atom. The van der Waals surface area contributed by atoms with E-state index in [-0.39, 0.29) is 6.04 Å². The summed E-state index contributed by atoms with van der Waals surface area (Å²) in [5.41, 5.74) is 2.03. The van der Waals surface area contributed by atoms with Gasteiger partial charge < -0.3 is 0 Å². The lowest BCUT2D eigenvalue weighted by Gasteiger charge is -2.07. The Morgan fingerprint density at radius 1 is 1.60 bits per heavy atom. The van der Waals surface area contributed by atoms with E-state index < -0.39 is 0 Å². The lowest BCUT2D eigenvalue weighted by molar-refractivity contribution is 0.804. The maximum absolute atomic E-state index is 8.40. The molecule has 0 aliphatic carbocycles. The van der Waals surface area contributed by atoms with Crippen LogP contribution in [0, 0.1) is 18.4 Å². The van der Waals surface area contributed by atoms with E-state index in [1.807, 2.05) is 38.4 Å². The fourth-order valence-electron chi connectivity index (χ4n) is 1.20. The molecule has 0 saturated carbocycles. The van der Waals surface area contributed by atoms with Gasteiger partial charge in [0.1, 0.15) is 5.84 Å². The van der Waals surface area contributed by atoms with Gasteiger partial charge in [0.15, 0.2) is 6.19 Å². The number of aryl methyl sites for hydroxylation is 1. The highest BCUT2D eigenvalue weighted by molar-refractivity contribution is 5.81. The van der Waals surface area contributed by atoms with Gasteiger partial charge in [-0.1, -0.05) is 6.07 Å². The Hall–Kier alpha value is -1.89. The van der Waals surface area contributed by atoms with Crippen molar-refractivity contribution in [3.8, 4) is 6.19 Å². The predicted molar refractivity (Wildman–Crippen MR) is 59.2 cm³/mol. The second kappa shape index (κ2) is 5.11. The quantitative estimate of drug-likeness (QED) is 0.345. The highest BCUT2D eigenvalue weighted by Crippen LogP contribution is 2.15. The molecule has 0 radical (unpaired) electrons. The lowest BCUT2D eigenvalue weighted by atomic mass is 10.1. The van der Waals surface area contributed by atoms with Crippen molar-refractivity contribution in [1.29, 1.82) is 5.26 Å². The first-order chi connectivity index (χ1) is 7.13. The summed E-state index contributed by atoms with van der Waals surface area (Å²) in [4.78, 5) is 8.51. The van der Waals surface area contributed by atoms with Gasteiger partial charge in [-0.3, -0.25) is 15.3 Å². The minimum Gasteiger partial charge on any atom is -0.281 e.